The van der Waals surface area contributed by atoms with Gasteiger partial charge in [-0.25, -0.2) is 0 Å². The van der Waals surface area contributed by atoms with E-state index in [1.54, 1.807) is 0 Å². The third kappa shape index (κ3) is 7.67. The van der Waals surface area contributed by atoms with Gasteiger partial charge in [-0.1, -0.05) is 13.8 Å². The van der Waals surface area contributed by atoms with E-state index in [1.165, 1.54) is 9.75 Å². The van der Waals surface area contributed by atoms with Crippen molar-refractivity contribution in [3.8, 4) is 0 Å². The Kier molecular flexibility index (Phi) is 7.61. The fourth-order valence-electron chi connectivity index (χ4n) is 1.70. The number of thiophene rings is 1. The lowest BCUT2D eigenvalue weighted by atomic mass is 10.3. The average Bonchev–Trinajstić information content (AvgIpc) is 2.73. The minimum absolute atomic E-state index is 0.323. The van der Waals surface area contributed by atoms with Crippen molar-refractivity contribution in [1.29, 1.82) is 0 Å². The highest BCUT2D eigenvalue weighted by molar-refractivity contribution is 7.11. The molecule has 0 saturated heterocycles. The molecule has 19 heavy (non-hydrogen) atoms. The van der Waals surface area contributed by atoms with E-state index in [1.807, 2.05) is 11.3 Å². The van der Waals surface area contributed by atoms with Gasteiger partial charge < -0.3 is 10.1 Å². The van der Waals surface area contributed by atoms with Crippen LogP contribution in [0.15, 0.2) is 12.1 Å². The van der Waals surface area contributed by atoms with Crippen LogP contribution in [-0.4, -0.2) is 37.2 Å². The lowest BCUT2D eigenvalue weighted by Crippen LogP contribution is -2.23. The Bertz CT molecular complexity index is 350. The standard InChI is InChI=1S/C15H28N2OS/c1-12(2)16-10-14-6-7-15(19-14)11-17(5)8-9-18-13(3)4/h6-7,12-13,16H,8-11H2,1-5H3. The summed E-state index contributed by atoms with van der Waals surface area (Å²) in [6, 6.07) is 5.01. The smallest absolute Gasteiger partial charge is 0.0596 e. The van der Waals surface area contributed by atoms with E-state index in [4.69, 9.17) is 4.74 Å². The van der Waals surface area contributed by atoms with E-state index in [0.717, 1.165) is 26.2 Å². The Morgan fingerprint density at radius 2 is 1.89 bits per heavy atom. The second kappa shape index (κ2) is 8.69. The molecule has 1 rings (SSSR count). The number of nitrogens with one attached hydrogen (secondary N) is 1. The Morgan fingerprint density at radius 3 is 2.53 bits per heavy atom. The van der Waals surface area contributed by atoms with Crippen LogP contribution < -0.4 is 5.32 Å². The van der Waals surface area contributed by atoms with E-state index in [0.29, 0.717) is 12.1 Å². The molecular formula is C15H28N2OS. The van der Waals surface area contributed by atoms with Gasteiger partial charge >= 0.3 is 0 Å². The van der Waals surface area contributed by atoms with Crippen LogP contribution >= 0.6 is 11.3 Å². The van der Waals surface area contributed by atoms with E-state index >= 15 is 0 Å². The summed E-state index contributed by atoms with van der Waals surface area (Å²) in [7, 11) is 2.15. The zero-order valence-corrected chi connectivity index (χ0v) is 13.7. The van der Waals surface area contributed by atoms with Crippen LogP contribution in [0.2, 0.25) is 0 Å². The van der Waals surface area contributed by atoms with Gasteiger partial charge in [-0.05, 0) is 33.0 Å². The van der Waals surface area contributed by atoms with Crippen molar-refractivity contribution < 1.29 is 4.74 Å². The van der Waals surface area contributed by atoms with Gasteiger partial charge in [0, 0.05) is 35.4 Å². The minimum atomic E-state index is 0.323. The van der Waals surface area contributed by atoms with Gasteiger partial charge in [0.25, 0.3) is 0 Å². The zero-order chi connectivity index (χ0) is 14.3. The monoisotopic (exact) mass is 284 g/mol. The molecule has 0 spiro atoms. The summed E-state index contributed by atoms with van der Waals surface area (Å²) in [6.45, 7) is 12.3. The van der Waals surface area contributed by atoms with Crippen LogP contribution in [0.4, 0.5) is 0 Å². The van der Waals surface area contributed by atoms with Crippen LogP contribution in [0, 0.1) is 0 Å². The molecule has 1 N–H and O–H groups in total. The van der Waals surface area contributed by atoms with Gasteiger partial charge in [0.05, 0.1) is 12.7 Å². The number of rotatable bonds is 9. The zero-order valence-electron chi connectivity index (χ0n) is 12.9. The van der Waals surface area contributed by atoms with Crippen LogP contribution in [0.5, 0.6) is 0 Å². The van der Waals surface area contributed by atoms with Gasteiger partial charge in [-0.15, -0.1) is 11.3 Å². The Balaban J connectivity index is 2.28. The van der Waals surface area contributed by atoms with E-state index in [-0.39, 0.29) is 0 Å². The van der Waals surface area contributed by atoms with Crippen LogP contribution in [0.1, 0.15) is 37.4 Å². The van der Waals surface area contributed by atoms with Crippen LogP contribution in [0.25, 0.3) is 0 Å². The predicted molar refractivity (Wildman–Crippen MR) is 83.7 cm³/mol. The molecule has 4 heteroatoms. The summed E-state index contributed by atoms with van der Waals surface area (Å²) >= 11 is 1.90. The third-order valence-electron chi connectivity index (χ3n) is 2.75. The maximum atomic E-state index is 5.57. The fourth-order valence-corrected chi connectivity index (χ4v) is 2.75. The lowest BCUT2D eigenvalue weighted by Gasteiger charge is -2.16. The molecule has 0 aliphatic heterocycles. The molecule has 0 aromatic carbocycles. The van der Waals surface area contributed by atoms with Crippen LogP contribution in [-0.2, 0) is 17.8 Å². The van der Waals surface area contributed by atoms with Gasteiger partial charge in [0.2, 0.25) is 0 Å². The largest absolute Gasteiger partial charge is 0.377 e. The predicted octanol–water partition coefficient (Wildman–Crippen LogP) is 3.10. The third-order valence-corrected chi connectivity index (χ3v) is 3.82. The van der Waals surface area contributed by atoms with Gasteiger partial charge in [0.15, 0.2) is 0 Å². The van der Waals surface area contributed by atoms with Crippen molar-refractivity contribution in [1.82, 2.24) is 10.2 Å². The summed E-state index contributed by atoms with van der Waals surface area (Å²) in [5.41, 5.74) is 0. The van der Waals surface area contributed by atoms with Crippen molar-refractivity contribution >= 4 is 11.3 Å². The molecule has 0 amide bonds. The normalized spacial score (nSPS) is 12.0. The molecule has 0 atom stereocenters. The highest BCUT2D eigenvalue weighted by Crippen LogP contribution is 2.17. The Hall–Kier alpha value is -0.420. The molecule has 0 bridgehead atoms. The second-order valence-corrected chi connectivity index (χ2v) is 6.81. The molecular weight excluding hydrogens is 256 g/mol. The number of likely N-dealkylation sites (N-methyl/N-ethyl adjacent to an activating group) is 1. The minimum Gasteiger partial charge on any atom is -0.377 e. The highest BCUT2D eigenvalue weighted by Gasteiger charge is 2.05. The molecule has 1 aromatic heterocycles. The van der Waals surface area contributed by atoms with Gasteiger partial charge in [-0.2, -0.15) is 0 Å². The molecule has 0 aliphatic rings. The summed E-state index contributed by atoms with van der Waals surface area (Å²) in [5.74, 6) is 0. The molecule has 3 nitrogen and oxygen atoms in total. The quantitative estimate of drug-likeness (QED) is 0.754. The van der Waals surface area contributed by atoms with Crippen molar-refractivity contribution in [3.63, 3.8) is 0 Å². The lowest BCUT2D eigenvalue weighted by molar-refractivity contribution is 0.0628. The first-order valence-electron chi connectivity index (χ1n) is 7.08. The summed E-state index contributed by atoms with van der Waals surface area (Å²) in [4.78, 5) is 5.15. The van der Waals surface area contributed by atoms with Gasteiger partial charge in [-0.3, -0.25) is 4.90 Å². The Morgan fingerprint density at radius 1 is 1.21 bits per heavy atom. The first-order chi connectivity index (χ1) is 8.97. The highest BCUT2D eigenvalue weighted by atomic mass is 32.1. The van der Waals surface area contributed by atoms with E-state index in [2.05, 4.69) is 57.1 Å². The number of hydrogen-bond acceptors (Lipinski definition) is 4. The Labute approximate surface area is 122 Å². The fraction of sp³-hybridized carbons (Fsp3) is 0.733. The number of hydrogen-bond donors (Lipinski definition) is 1. The molecule has 0 radical (unpaired) electrons. The molecule has 0 aliphatic carbocycles. The van der Waals surface area contributed by atoms with Crippen molar-refractivity contribution in [2.24, 2.45) is 0 Å². The molecule has 0 saturated carbocycles. The topological polar surface area (TPSA) is 24.5 Å². The molecule has 110 valence electrons. The second-order valence-electron chi connectivity index (χ2n) is 5.56. The van der Waals surface area contributed by atoms with E-state index in [9.17, 15) is 0 Å². The molecule has 1 aromatic rings. The van der Waals surface area contributed by atoms with Crippen molar-refractivity contribution in [2.75, 3.05) is 20.2 Å². The van der Waals surface area contributed by atoms with E-state index < -0.39 is 0 Å². The maximum Gasteiger partial charge on any atom is 0.0596 e. The number of ether oxygens (including phenoxy) is 1. The SMILES string of the molecule is CC(C)NCc1ccc(CN(C)CCOC(C)C)s1. The summed E-state index contributed by atoms with van der Waals surface area (Å²) < 4.78 is 5.57. The molecule has 1 heterocycles. The summed E-state index contributed by atoms with van der Waals surface area (Å²) in [5, 5.41) is 3.45. The first kappa shape index (κ1) is 16.6. The van der Waals surface area contributed by atoms with Crippen LogP contribution in [0.3, 0.4) is 0 Å². The van der Waals surface area contributed by atoms with Crippen molar-refractivity contribution in [3.05, 3.63) is 21.9 Å². The molecule has 0 unspecified atom stereocenters. The van der Waals surface area contributed by atoms with Gasteiger partial charge in [0.1, 0.15) is 0 Å². The first-order valence-corrected chi connectivity index (χ1v) is 7.90. The summed E-state index contributed by atoms with van der Waals surface area (Å²) in [6.07, 6.45) is 0.323. The average molecular weight is 284 g/mol. The van der Waals surface area contributed by atoms with Crippen molar-refractivity contribution in [2.45, 2.75) is 52.9 Å². The molecule has 0 fully saturated rings. The number of nitrogens with zero attached hydrogens (tertiary/aromatic N) is 1. The maximum absolute atomic E-state index is 5.57.